The van der Waals surface area contributed by atoms with Gasteiger partial charge in [-0.3, -0.25) is 0 Å². The van der Waals surface area contributed by atoms with Gasteiger partial charge in [0.2, 0.25) is 0 Å². The van der Waals surface area contributed by atoms with Crippen molar-refractivity contribution in [2.75, 3.05) is 0 Å². The van der Waals surface area contributed by atoms with E-state index in [0.717, 1.165) is 10.8 Å². The van der Waals surface area contributed by atoms with Gasteiger partial charge >= 0.3 is 5.97 Å². The fourth-order valence-electron chi connectivity index (χ4n) is 2.26. The molecule has 2 aromatic rings. The van der Waals surface area contributed by atoms with Crippen LogP contribution in [0.5, 0.6) is 0 Å². The smallest absolute Gasteiger partial charge is 0.336 e. The molecular formula is C14H12O2. The third-order valence-electron chi connectivity index (χ3n) is 3.21. The fraction of sp³-hybridized carbons (Fsp3) is 0.214. The van der Waals surface area contributed by atoms with Gasteiger partial charge < -0.3 is 5.11 Å². The first-order valence-electron chi connectivity index (χ1n) is 5.52. The maximum atomic E-state index is 11.1. The van der Waals surface area contributed by atoms with Crippen LogP contribution in [0, 0.1) is 0 Å². The SMILES string of the molecule is O=C(O)c1ccc(C2CC2)c2ccccc12. The van der Waals surface area contributed by atoms with E-state index in [1.165, 1.54) is 18.4 Å². The Morgan fingerprint density at radius 3 is 2.38 bits per heavy atom. The number of carboxylic acid groups (broad SMARTS) is 1. The van der Waals surface area contributed by atoms with Crippen LogP contribution in [0.4, 0.5) is 0 Å². The maximum absolute atomic E-state index is 11.1. The van der Waals surface area contributed by atoms with Crippen molar-refractivity contribution in [2.45, 2.75) is 18.8 Å². The minimum atomic E-state index is -0.849. The van der Waals surface area contributed by atoms with E-state index in [0.29, 0.717) is 11.5 Å². The summed E-state index contributed by atoms with van der Waals surface area (Å²) in [5, 5.41) is 11.1. The van der Waals surface area contributed by atoms with Crippen molar-refractivity contribution >= 4 is 16.7 Å². The first kappa shape index (κ1) is 9.40. The molecule has 1 aliphatic rings. The van der Waals surface area contributed by atoms with Crippen LogP contribution in [0.3, 0.4) is 0 Å². The van der Waals surface area contributed by atoms with Crippen LogP contribution in [0.2, 0.25) is 0 Å². The Morgan fingerprint density at radius 1 is 1.06 bits per heavy atom. The Morgan fingerprint density at radius 2 is 1.75 bits per heavy atom. The molecular weight excluding hydrogens is 200 g/mol. The summed E-state index contributed by atoms with van der Waals surface area (Å²) in [7, 11) is 0. The lowest BCUT2D eigenvalue weighted by molar-refractivity contribution is 0.0699. The molecule has 2 heteroatoms. The van der Waals surface area contributed by atoms with E-state index in [-0.39, 0.29) is 0 Å². The van der Waals surface area contributed by atoms with E-state index < -0.39 is 5.97 Å². The molecule has 0 unspecified atom stereocenters. The minimum absolute atomic E-state index is 0.403. The Bertz CT molecular complexity index is 568. The standard InChI is InChI=1S/C14H12O2/c15-14(16)13-8-7-10(9-5-6-9)11-3-1-2-4-12(11)13/h1-4,7-9H,5-6H2,(H,15,16). The molecule has 1 N–H and O–H groups in total. The predicted octanol–water partition coefficient (Wildman–Crippen LogP) is 3.42. The maximum Gasteiger partial charge on any atom is 0.336 e. The number of carboxylic acids is 1. The van der Waals surface area contributed by atoms with Gasteiger partial charge in [-0.2, -0.15) is 0 Å². The van der Waals surface area contributed by atoms with Crippen molar-refractivity contribution in [3.05, 3.63) is 47.5 Å². The van der Waals surface area contributed by atoms with E-state index in [1.807, 2.05) is 30.3 Å². The van der Waals surface area contributed by atoms with Crippen molar-refractivity contribution in [2.24, 2.45) is 0 Å². The number of carbonyl (C=O) groups is 1. The number of fused-ring (bicyclic) bond motifs is 1. The van der Waals surface area contributed by atoms with E-state index in [2.05, 4.69) is 0 Å². The lowest BCUT2D eigenvalue weighted by atomic mass is 9.97. The molecule has 1 aliphatic carbocycles. The van der Waals surface area contributed by atoms with Gasteiger partial charge in [0.1, 0.15) is 0 Å². The van der Waals surface area contributed by atoms with Gasteiger partial charge in [-0.1, -0.05) is 30.3 Å². The summed E-state index contributed by atoms with van der Waals surface area (Å²) >= 11 is 0. The van der Waals surface area contributed by atoms with Crippen LogP contribution in [0.15, 0.2) is 36.4 Å². The second kappa shape index (κ2) is 3.34. The topological polar surface area (TPSA) is 37.3 Å². The third-order valence-corrected chi connectivity index (χ3v) is 3.21. The lowest BCUT2D eigenvalue weighted by Crippen LogP contribution is -1.98. The molecule has 80 valence electrons. The van der Waals surface area contributed by atoms with Crippen LogP contribution < -0.4 is 0 Å². The van der Waals surface area contributed by atoms with Crippen molar-refractivity contribution < 1.29 is 9.90 Å². The molecule has 0 amide bonds. The van der Waals surface area contributed by atoms with Crippen molar-refractivity contribution in [3.63, 3.8) is 0 Å². The zero-order valence-corrected chi connectivity index (χ0v) is 8.81. The molecule has 0 radical (unpaired) electrons. The molecule has 2 aromatic carbocycles. The van der Waals surface area contributed by atoms with Gasteiger partial charge in [0.15, 0.2) is 0 Å². The highest BCUT2D eigenvalue weighted by atomic mass is 16.4. The van der Waals surface area contributed by atoms with E-state index >= 15 is 0 Å². The highest BCUT2D eigenvalue weighted by Gasteiger charge is 2.26. The average molecular weight is 212 g/mol. The largest absolute Gasteiger partial charge is 0.478 e. The van der Waals surface area contributed by atoms with Crippen LogP contribution in [0.25, 0.3) is 10.8 Å². The minimum Gasteiger partial charge on any atom is -0.478 e. The number of rotatable bonds is 2. The normalized spacial score (nSPS) is 15.2. The monoisotopic (exact) mass is 212 g/mol. The molecule has 1 fully saturated rings. The van der Waals surface area contributed by atoms with Gasteiger partial charge in [0.25, 0.3) is 0 Å². The average Bonchev–Trinajstić information content (AvgIpc) is 3.11. The summed E-state index contributed by atoms with van der Waals surface area (Å²) < 4.78 is 0. The Hall–Kier alpha value is -1.83. The van der Waals surface area contributed by atoms with E-state index in [4.69, 9.17) is 5.11 Å². The zero-order valence-electron chi connectivity index (χ0n) is 8.81. The van der Waals surface area contributed by atoms with Gasteiger partial charge in [0, 0.05) is 0 Å². The summed E-state index contributed by atoms with van der Waals surface area (Å²) in [5.74, 6) is -0.203. The van der Waals surface area contributed by atoms with E-state index in [1.54, 1.807) is 6.07 Å². The fourth-order valence-corrected chi connectivity index (χ4v) is 2.26. The predicted molar refractivity (Wildman–Crippen MR) is 62.9 cm³/mol. The molecule has 0 saturated heterocycles. The Labute approximate surface area is 93.5 Å². The van der Waals surface area contributed by atoms with Crippen LogP contribution >= 0.6 is 0 Å². The van der Waals surface area contributed by atoms with Crippen LogP contribution in [-0.4, -0.2) is 11.1 Å². The number of hydrogen-bond acceptors (Lipinski definition) is 1. The number of aromatic carboxylic acids is 1. The lowest BCUT2D eigenvalue weighted by Gasteiger charge is -2.07. The van der Waals surface area contributed by atoms with Crippen LogP contribution in [-0.2, 0) is 0 Å². The molecule has 1 saturated carbocycles. The Balaban J connectivity index is 2.33. The number of benzene rings is 2. The second-order valence-electron chi connectivity index (χ2n) is 4.33. The van der Waals surface area contributed by atoms with Crippen molar-refractivity contribution in [1.82, 2.24) is 0 Å². The summed E-state index contributed by atoms with van der Waals surface area (Å²) in [6, 6.07) is 11.5. The quantitative estimate of drug-likeness (QED) is 0.828. The number of hydrogen-bond donors (Lipinski definition) is 1. The molecule has 0 aliphatic heterocycles. The molecule has 0 atom stereocenters. The first-order valence-corrected chi connectivity index (χ1v) is 5.52. The van der Waals surface area contributed by atoms with Gasteiger partial charge in [-0.25, -0.2) is 4.79 Å². The van der Waals surface area contributed by atoms with Crippen molar-refractivity contribution in [3.8, 4) is 0 Å². The van der Waals surface area contributed by atoms with Gasteiger partial charge in [-0.05, 0) is 41.2 Å². The highest BCUT2D eigenvalue weighted by molar-refractivity contribution is 6.04. The molecule has 0 aromatic heterocycles. The third kappa shape index (κ3) is 1.38. The van der Waals surface area contributed by atoms with Crippen LogP contribution in [0.1, 0.15) is 34.7 Å². The van der Waals surface area contributed by atoms with E-state index in [9.17, 15) is 4.79 Å². The van der Waals surface area contributed by atoms with Gasteiger partial charge in [0.05, 0.1) is 5.56 Å². The molecule has 0 spiro atoms. The molecule has 2 nitrogen and oxygen atoms in total. The molecule has 3 rings (SSSR count). The first-order chi connectivity index (χ1) is 7.77. The zero-order chi connectivity index (χ0) is 11.1. The molecule has 0 heterocycles. The summed E-state index contributed by atoms with van der Waals surface area (Å²) in [6.45, 7) is 0. The second-order valence-corrected chi connectivity index (χ2v) is 4.33. The van der Waals surface area contributed by atoms with Gasteiger partial charge in [-0.15, -0.1) is 0 Å². The summed E-state index contributed by atoms with van der Waals surface area (Å²) in [6.07, 6.45) is 2.47. The molecule has 16 heavy (non-hydrogen) atoms. The molecule has 0 bridgehead atoms. The van der Waals surface area contributed by atoms with Crippen molar-refractivity contribution in [1.29, 1.82) is 0 Å². The Kier molecular flexibility index (Phi) is 1.96. The highest BCUT2D eigenvalue weighted by Crippen LogP contribution is 2.43. The summed E-state index contributed by atoms with van der Waals surface area (Å²) in [5.41, 5.74) is 1.71. The summed E-state index contributed by atoms with van der Waals surface area (Å²) in [4.78, 5) is 11.1.